The smallest absolute Gasteiger partial charge is 0.410 e. The van der Waals surface area contributed by atoms with Crippen molar-refractivity contribution in [2.75, 3.05) is 18.4 Å². The topological polar surface area (TPSA) is 72.3 Å². The molecule has 3 aromatic rings. The number of benzene rings is 2. The van der Waals surface area contributed by atoms with Gasteiger partial charge in [-0.15, -0.1) is 5.10 Å². The monoisotopic (exact) mass is 489 g/mol. The van der Waals surface area contributed by atoms with Crippen LogP contribution in [0.2, 0.25) is 0 Å². The summed E-state index contributed by atoms with van der Waals surface area (Å²) in [7, 11) is 0. The van der Waals surface area contributed by atoms with E-state index in [2.05, 4.69) is 39.9 Å². The molecule has 0 spiro atoms. The summed E-state index contributed by atoms with van der Waals surface area (Å²) in [6, 6.07) is 13.0. The predicted molar refractivity (Wildman–Crippen MR) is 138 cm³/mol. The van der Waals surface area contributed by atoms with E-state index in [4.69, 9.17) is 4.74 Å². The van der Waals surface area contributed by atoms with Crippen LogP contribution in [0.5, 0.6) is 0 Å². The van der Waals surface area contributed by atoms with Gasteiger partial charge in [0.15, 0.2) is 0 Å². The van der Waals surface area contributed by atoms with Crippen LogP contribution >= 0.6 is 0 Å². The van der Waals surface area contributed by atoms with Crippen LogP contribution in [-0.4, -0.2) is 44.7 Å². The summed E-state index contributed by atoms with van der Waals surface area (Å²) >= 11 is 0. The Hall–Kier alpha value is -3.68. The Morgan fingerprint density at radius 1 is 1.14 bits per heavy atom. The van der Waals surface area contributed by atoms with Crippen LogP contribution in [0.25, 0.3) is 16.8 Å². The summed E-state index contributed by atoms with van der Waals surface area (Å²) in [5.74, 6) is -0.254. The van der Waals surface area contributed by atoms with E-state index in [0.717, 1.165) is 53.2 Å². The van der Waals surface area contributed by atoms with Crippen molar-refractivity contribution >= 4 is 17.4 Å². The molecular formula is C28H32FN5O2. The van der Waals surface area contributed by atoms with E-state index in [0.29, 0.717) is 13.1 Å². The van der Waals surface area contributed by atoms with Crippen molar-refractivity contribution in [1.29, 1.82) is 0 Å². The second-order valence-electron chi connectivity index (χ2n) is 10.4. The van der Waals surface area contributed by atoms with E-state index < -0.39 is 5.60 Å². The molecule has 36 heavy (non-hydrogen) atoms. The minimum Gasteiger partial charge on any atom is -0.444 e. The van der Waals surface area contributed by atoms with Crippen LogP contribution in [0.4, 0.5) is 14.9 Å². The molecule has 2 aliphatic rings. The molecule has 0 fully saturated rings. The van der Waals surface area contributed by atoms with Crippen molar-refractivity contribution in [2.24, 2.45) is 0 Å². The number of anilines is 1. The van der Waals surface area contributed by atoms with Gasteiger partial charge in [-0.3, -0.25) is 0 Å². The fourth-order valence-electron chi connectivity index (χ4n) is 4.88. The lowest BCUT2D eigenvalue weighted by molar-refractivity contribution is 0.0270. The molecule has 8 heteroatoms. The van der Waals surface area contributed by atoms with Gasteiger partial charge in [0.05, 0.1) is 17.4 Å². The number of fused-ring (bicyclic) bond motifs is 3. The number of carbonyl (C=O) groups excluding carboxylic acids is 1. The average Bonchev–Trinajstić information content (AvgIpc) is 3.13. The first-order valence-electron chi connectivity index (χ1n) is 12.4. The van der Waals surface area contributed by atoms with Gasteiger partial charge >= 0.3 is 6.09 Å². The number of amides is 1. The Morgan fingerprint density at radius 2 is 1.92 bits per heavy atom. The van der Waals surface area contributed by atoms with E-state index >= 15 is 0 Å². The number of nitrogens with zero attached hydrogens (tertiary/aromatic N) is 4. The highest BCUT2D eigenvalue weighted by molar-refractivity contribution is 5.76. The summed E-state index contributed by atoms with van der Waals surface area (Å²) in [6.07, 6.45) is 3.41. The van der Waals surface area contributed by atoms with Gasteiger partial charge < -0.3 is 15.0 Å². The highest BCUT2D eigenvalue weighted by Gasteiger charge is 2.27. The number of hydrogen-bond acceptors (Lipinski definition) is 5. The Bertz CT molecular complexity index is 1310. The average molecular weight is 490 g/mol. The van der Waals surface area contributed by atoms with Gasteiger partial charge in [-0.2, -0.15) is 0 Å². The molecule has 1 atom stereocenters. The third-order valence-corrected chi connectivity index (χ3v) is 6.63. The van der Waals surface area contributed by atoms with Crippen LogP contribution in [-0.2, 0) is 11.3 Å². The van der Waals surface area contributed by atoms with E-state index in [1.54, 1.807) is 17.0 Å². The Labute approximate surface area is 210 Å². The fourth-order valence-corrected chi connectivity index (χ4v) is 4.88. The first kappa shape index (κ1) is 24.0. The molecule has 0 saturated carbocycles. The molecule has 2 aliphatic heterocycles. The van der Waals surface area contributed by atoms with Crippen molar-refractivity contribution in [2.45, 2.75) is 58.7 Å². The Balaban J connectivity index is 1.46. The largest absolute Gasteiger partial charge is 0.444 e. The van der Waals surface area contributed by atoms with Gasteiger partial charge in [-0.25, -0.2) is 13.9 Å². The van der Waals surface area contributed by atoms with Crippen LogP contribution < -0.4 is 5.32 Å². The molecular weight excluding hydrogens is 457 g/mol. The third kappa shape index (κ3) is 4.98. The Morgan fingerprint density at radius 3 is 2.61 bits per heavy atom. The number of ether oxygens (including phenoxy) is 1. The maximum Gasteiger partial charge on any atom is 0.410 e. The molecule has 0 bridgehead atoms. The second kappa shape index (κ2) is 9.41. The summed E-state index contributed by atoms with van der Waals surface area (Å²) in [4.78, 5) is 14.2. The lowest BCUT2D eigenvalue weighted by Gasteiger charge is -2.30. The van der Waals surface area contributed by atoms with Crippen molar-refractivity contribution in [3.8, 4) is 11.3 Å². The highest BCUT2D eigenvalue weighted by atomic mass is 19.1. The molecule has 1 unspecified atom stereocenters. The van der Waals surface area contributed by atoms with Crippen LogP contribution in [0.1, 0.15) is 56.5 Å². The van der Waals surface area contributed by atoms with Gasteiger partial charge in [0.2, 0.25) is 0 Å². The number of hydrogen-bond donors (Lipinski definition) is 1. The molecule has 1 amide bonds. The molecule has 1 aromatic heterocycles. The maximum atomic E-state index is 13.5. The summed E-state index contributed by atoms with van der Waals surface area (Å²) in [6.45, 7) is 9.49. The van der Waals surface area contributed by atoms with Crippen LogP contribution in [0.3, 0.4) is 0 Å². The summed E-state index contributed by atoms with van der Waals surface area (Å²) in [5.41, 5.74) is 6.92. The first-order valence-corrected chi connectivity index (χ1v) is 12.4. The van der Waals surface area contributed by atoms with Crippen molar-refractivity contribution < 1.29 is 13.9 Å². The number of aromatic nitrogens is 3. The zero-order chi connectivity index (χ0) is 25.4. The SMILES string of the molecule is Cc1nnn2c1-c1ccc(C3=CCN(C(=O)OC(C)(C)C)CC3)cc1C(Nc1ccc(F)cc1)CC2. The number of nitrogens with one attached hydrogen (secondary N) is 1. The van der Waals surface area contributed by atoms with Crippen molar-refractivity contribution in [3.63, 3.8) is 0 Å². The van der Waals surface area contributed by atoms with Gasteiger partial charge in [-0.1, -0.05) is 23.4 Å². The molecule has 0 radical (unpaired) electrons. The molecule has 5 rings (SSSR count). The highest BCUT2D eigenvalue weighted by Crippen LogP contribution is 2.39. The zero-order valence-corrected chi connectivity index (χ0v) is 21.2. The van der Waals surface area contributed by atoms with E-state index in [9.17, 15) is 9.18 Å². The van der Waals surface area contributed by atoms with Gasteiger partial charge in [0.1, 0.15) is 11.4 Å². The summed E-state index contributed by atoms with van der Waals surface area (Å²) < 4.78 is 21.0. The molecule has 188 valence electrons. The molecule has 7 nitrogen and oxygen atoms in total. The number of rotatable bonds is 3. The van der Waals surface area contributed by atoms with E-state index in [1.807, 2.05) is 32.4 Å². The molecule has 2 aromatic carbocycles. The molecule has 0 saturated heterocycles. The minimum atomic E-state index is -0.510. The minimum absolute atomic E-state index is 0.0222. The first-order chi connectivity index (χ1) is 17.2. The van der Waals surface area contributed by atoms with Crippen molar-refractivity contribution in [3.05, 3.63) is 71.2 Å². The van der Waals surface area contributed by atoms with Gasteiger partial charge in [0.25, 0.3) is 0 Å². The normalized spacial score (nSPS) is 17.5. The maximum absolute atomic E-state index is 13.5. The lowest BCUT2D eigenvalue weighted by Crippen LogP contribution is -2.39. The molecule has 0 aliphatic carbocycles. The zero-order valence-electron chi connectivity index (χ0n) is 21.2. The quantitative estimate of drug-likeness (QED) is 0.490. The number of halogens is 1. The van der Waals surface area contributed by atoms with E-state index in [-0.39, 0.29) is 18.0 Å². The lowest BCUT2D eigenvalue weighted by atomic mass is 9.90. The fraction of sp³-hybridized carbons (Fsp3) is 0.393. The van der Waals surface area contributed by atoms with E-state index in [1.165, 1.54) is 17.7 Å². The van der Waals surface area contributed by atoms with Gasteiger partial charge in [0, 0.05) is 30.9 Å². The molecule has 3 heterocycles. The van der Waals surface area contributed by atoms with Crippen LogP contribution in [0, 0.1) is 12.7 Å². The van der Waals surface area contributed by atoms with Gasteiger partial charge in [-0.05, 0) is 87.6 Å². The molecule has 1 N–H and O–H groups in total. The second-order valence-corrected chi connectivity index (χ2v) is 10.4. The van der Waals surface area contributed by atoms with Crippen molar-refractivity contribution in [1.82, 2.24) is 19.9 Å². The number of carbonyl (C=O) groups is 1. The standard InChI is InChI=1S/C28H32FN5O2/c1-18-26-23-10-5-20(19-11-14-33(15-12-19)27(35)36-28(2,3)4)17-24(23)25(13-16-34(26)32-31-18)30-22-8-6-21(29)7-9-22/h5-11,17,25,30H,12-16H2,1-4H3. The third-order valence-electron chi connectivity index (χ3n) is 6.63. The summed E-state index contributed by atoms with van der Waals surface area (Å²) in [5, 5.41) is 12.3. The predicted octanol–water partition coefficient (Wildman–Crippen LogP) is 5.97. The Kier molecular flexibility index (Phi) is 6.28. The number of aryl methyl sites for hydroxylation is 2. The van der Waals surface area contributed by atoms with Crippen LogP contribution in [0.15, 0.2) is 48.5 Å².